The van der Waals surface area contributed by atoms with Gasteiger partial charge in [0.1, 0.15) is 17.3 Å². The van der Waals surface area contributed by atoms with Gasteiger partial charge in [-0.05, 0) is 25.1 Å². The third-order valence-corrected chi connectivity index (χ3v) is 3.61. The van der Waals surface area contributed by atoms with Crippen molar-refractivity contribution in [3.05, 3.63) is 52.2 Å². The SMILES string of the molecule is CCN(CCc1nc2ccc(F)cc2[nH]1)C(=O)c1c[nH]c(=O)[nH]1. The zero-order valence-corrected chi connectivity index (χ0v) is 12.5. The third kappa shape index (κ3) is 3.15. The number of aromatic nitrogens is 4. The number of amides is 1. The Kier molecular flexibility index (Phi) is 3.96. The number of carbonyl (C=O) groups excluding carboxylic acids is 1. The van der Waals surface area contributed by atoms with E-state index in [9.17, 15) is 14.0 Å². The fourth-order valence-corrected chi connectivity index (χ4v) is 2.41. The number of hydrogen-bond acceptors (Lipinski definition) is 3. The molecule has 0 aliphatic heterocycles. The largest absolute Gasteiger partial charge is 0.342 e. The summed E-state index contributed by atoms with van der Waals surface area (Å²) < 4.78 is 13.2. The predicted molar refractivity (Wildman–Crippen MR) is 82.7 cm³/mol. The molecule has 0 aliphatic carbocycles. The molecule has 0 atom stereocenters. The molecule has 3 rings (SSSR count). The van der Waals surface area contributed by atoms with Crippen LogP contribution in [0.3, 0.4) is 0 Å². The molecule has 0 fully saturated rings. The number of likely N-dealkylation sites (N-methyl/N-ethyl adjacent to an activating group) is 1. The predicted octanol–water partition coefficient (Wildman–Crippen LogP) is 1.42. The van der Waals surface area contributed by atoms with Crippen LogP contribution in [0.15, 0.2) is 29.2 Å². The minimum absolute atomic E-state index is 0.225. The van der Waals surface area contributed by atoms with E-state index in [2.05, 4.69) is 19.9 Å². The van der Waals surface area contributed by atoms with Gasteiger partial charge in [-0.3, -0.25) is 4.79 Å². The number of halogens is 1. The van der Waals surface area contributed by atoms with Crippen LogP contribution in [-0.4, -0.2) is 43.8 Å². The molecule has 120 valence electrons. The van der Waals surface area contributed by atoms with Gasteiger partial charge in [0.25, 0.3) is 5.91 Å². The summed E-state index contributed by atoms with van der Waals surface area (Å²) in [7, 11) is 0. The summed E-state index contributed by atoms with van der Waals surface area (Å²) in [5.41, 5.74) is 1.13. The standard InChI is InChI=1S/C15H16FN5O2/c1-2-21(14(22)12-8-17-15(23)20-12)6-5-13-18-10-4-3-9(16)7-11(10)19-13/h3-4,7-8H,2,5-6H2,1H3,(H,18,19)(H2,17,20,23). The van der Waals surface area contributed by atoms with Crippen molar-refractivity contribution in [2.45, 2.75) is 13.3 Å². The Bertz CT molecular complexity index is 895. The maximum absolute atomic E-state index is 13.2. The smallest absolute Gasteiger partial charge is 0.323 e. The first kappa shape index (κ1) is 15.0. The monoisotopic (exact) mass is 317 g/mol. The Morgan fingerprint density at radius 1 is 1.35 bits per heavy atom. The van der Waals surface area contributed by atoms with Gasteiger partial charge in [-0.25, -0.2) is 14.2 Å². The molecule has 1 aromatic carbocycles. The van der Waals surface area contributed by atoms with Crippen LogP contribution in [0.2, 0.25) is 0 Å². The van der Waals surface area contributed by atoms with E-state index in [4.69, 9.17) is 0 Å². The van der Waals surface area contributed by atoms with Gasteiger partial charge in [0, 0.05) is 25.7 Å². The summed E-state index contributed by atoms with van der Waals surface area (Å²) in [6.07, 6.45) is 1.86. The lowest BCUT2D eigenvalue weighted by Gasteiger charge is -2.19. The Balaban J connectivity index is 1.71. The number of imidazole rings is 2. The van der Waals surface area contributed by atoms with E-state index >= 15 is 0 Å². The Labute approximate surface area is 130 Å². The first-order chi connectivity index (χ1) is 11.1. The lowest BCUT2D eigenvalue weighted by atomic mass is 10.3. The van der Waals surface area contributed by atoms with Crippen LogP contribution in [0.1, 0.15) is 23.2 Å². The van der Waals surface area contributed by atoms with Crippen molar-refractivity contribution in [1.29, 1.82) is 0 Å². The van der Waals surface area contributed by atoms with Crippen molar-refractivity contribution in [3.8, 4) is 0 Å². The van der Waals surface area contributed by atoms with Crippen molar-refractivity contribution in [2.75, 3.05) is 13.1 Å². The van der Waals surface area contributed by atoms with Gasteiger partial charge in [0.05, 0.1) is 11.0 Å². The molecule has 0 saturated carbocycles. The van der Waals surface area contributed by atoms with Crippen LogP contribution < -0.4 is 5.69 Å². The maximum Gasteiger partial charge on any atom is 0.323 e. The van der Waals surface area contributed by atoms with Crippen molar-refractivity contribution < 1.29 is 9.18 Å². The van der Waals surface area contributed by atoms with E-state index in [0.29, 0.717) is 36.4 Å². The number of aromatic amines is 3. The molecule has 7 nitrogen and oxygen atoms in total. The van der Waals surface area contributed by atoms with Crippen LogP contribution in [0.4, 0.5) is 4.39 Å². The number of H-pyrrole nitrogens is 3. The topological polar surface area (TPSA) is 97.6 Å². The van der Waals surface area contributed by atoms with Crippen molar-refractivity contribution >= 4 is 16.9 Å². The van der Waals surface area contributed by atoms with Crippen LogP contribution >= 0.6 is 0 Å². The average Bonchev–Trinajstić information content (AvgIpc) is 3.13. The molecule has 0 unspecified atom stereocenters. The van der Waals surface area contributed by atoms with Gasteiger partial charge in [-0.15, -0.1) is 0 Å². The van der Waals surface area contributed by atoms with Gasteiger partial charge in [0.15, 0.2) is 0 Å². The molecule has 0 saturated heterocycles. The normalized spacial score (nSPS) is 11.0. The van der Waals surface area contributed by atoms with E-state index in [-0.39, 0.29) is 17.4 Å². The molecule has 2 aromatic heterocycles. The van der Waals surface area contributed by atoms with Crippen LogP contribution in [-0.2, 0) is 6.42 Å². The molecule has 0 spiro atoms. The first-order valence-corrected chi connectivity index (χ1v) is 7.28. The minimum atomic E-state index is -0.413. The molecular weight excluding hydrogens is 301 g/mol. The summed E-state index contributed by atoms with van der Waals surface area (Å²) in [4.78, 5) is 37.3. The number of benzene rings is 1. The summed E-state index contributed by atoms with van der Waals surface area (Å²) >= 11 is 0. The van der Waals surface area contributed by atoms with E-state index in [1.54, 1.807) is 11.0 Å². The summed E-state index contributed by atoms with van der Waals surface area (Å²) in [6, 6.07) is 4.36. The maximum atomic E-state index is 13.2. The van der Waals surface area contributed by atoms with E-state index in [1.165, 1.54) is 18.3 Å². The van der Waals surface area contributed by atoms with Gasteiger partial charge >= 0.3 is 5.69 Å². The van der Waals surface area contributed by atoms with Crippen molar-refractivity contribution in [2.24, 2.45) is 0 Å². The highest BCUT2D eigenvalue weighted by Gasteiger charge is 2.16. The number of nitrogens with one attached hydrogen (secondary N) is 3. The number of rotatable bonds is 5. The second-order valence-corrected chi connectivity index (χ2v) is 5.14. The summed E-state index contributed by atoms with van der Waals surface area (Å²) in [5, 5.41) is 0. The fourth-order valence-electron chi connectivity index (χ4n) is 2.41. The minimum Gasteiger partial charge on any atom is -0.342 e. The van der Waals surface area contributed by atoms with E-state index in [1.807, 2.05) is 6.92 Å². The number of hydrogen-bond donors (Lipinski definition) is 3. The third-order valence-electron chi connectivity index (χ3n) is 3.61. The zero-order chi connectivity index (χ0) is 16.4. The molecular formula is C15H16FN5O2. The Morgan fingerprint density at radius 2 is 2.17 bits per heavy atom. The second-order valence-electron chi connectivity index (χ2n) is 5.14. The lowest BCUT2D eigenvalue weighted by molar-refractivity contribution is 0.0760. The molecule has 1 amide bonds. The van der Waals surface area contributed by atoms with Crippen LogP contribution in [0, 0.1) is 5.82 Å². The van der Waals surface area contributed by atoms with Gasteiger partial charge < -0.3 is 19.9 Å². The van der Waals surface area contributed by atoms with Gasteiger partial charge in [0.2, 0.25) is 0 Å². The lowest BCUT2D eigenvalue weighted by Crippen LogP contribution is -2.33. The van der Waals surface area contributed by atoms with Gasteiger partial charge in [-0.1, -0.05) is 0 Å². The van der Waals surface area contributed by atoms with E-state index < -0.39 is 5.69 Å². The highest BCUT2D eigenvalue weighted by molar-refractivity contribution is 5.92. The average molecular weight is 317 g/mol. The molecule has 2 heterocycles. The number of carbonyl (C=O) groups is 1. The molecule has 3 N–H and O–H groups in total. The van der Waals surface area contributed by atoms with Crippen LogP contribution in [0.5, 0.6) is 0 Å². The fraction of sp³-hybridized carbons (Fsp3) is 0.267. The van der Waals surface area contributed by atoms with Gasteiger partial charge in [-0.2, -0.15) is 0 Å². The highest BCUT2D eigenvalue weighted by atomic mass is 19.1. The zero-order valence-electron chi connectivity index (χ0n) is 12.5. The highest BCUT2D eigenvalue weighted by Crippen LogP contribution is 2.13. The Hall–Kier alpha value is -2.90. The van der Waals surface area contributed by atoms with Crippen LogP contribution in [0.25, 0.3) is 11.0 Å². The molecule has 0 bridgehead atoms. The molecule has 8 heteroatoms. The molecule has 3 aromatic rings. The first-order valence-electron chi connectivity index (χ1n) is 7.28. The number of fused-ring (bicyclic) bond motifs is 1. The summed E-state index contributed by atoms with van der Waals surface area (Å²) in [5.74, 6) is 0.0990. The second kappa shape index (κ2) is 6.07. The summed E-state index contributed by atoms with van der Waals surface area (Å²) in [6.45, 7) is 2.79. The molecule has 0 radical (unpaired) electrons. The van der Waals surface area contributed by atoms with Crippen molar-refractivity contribution in [3.63, 3.8) is 0 Å². The number of nitrogens with zero attached hydrogens (tertiary/aromatic N) is 2. The van der Waals surface area contributed by atoms with Crippen molar-refractivity contribution in [1.82, 2.24) is 24.8 Å². The quantitative estimate of drug-likeness (QED) is 0.664. The molecule has 23 heavy (non-hydrogen) atoms. The Morgan fingerprint density at radius 3 is 2.87 bits per heavy atom. The molecule has 0 aliphatic rings. The van der Waals surface area contributed by atoms with E-state index in [0.717, 1.165) is 0 Å².